The van der Waals surface area contributed by atoms with E-state index < -0.39 is 0 Å². The maximum absolute atomic E-state index is 12.4. The fourth-order valence-corrected chi connectivity index (χ4v) is 3.50. The number of hydrogen-bond acceptors (Lipinski definition) is 4. The Morgan fingerprint density at radius 3 is 2.62 bits per heavy atom. The van der Waals surface area contributed by atoms with E-state index in [1.807, 2.05) is 36.4 Å². The first-order valence-electron chi connectivity index (χ1n) is 9.02. The third kappa shape index (κ3) is 4.35. The molecule has 0 bridgehead atoms. The average Bonchev–Trinajstić information content (AvgIpc) is 3.15. The Bertz CT molecular complexity index is 730. The minimum atomic E-state index is 0.00915. The second-order valence-corrected chi connectivity index (χ2v) is 6.47. The van der Waals surface area contributed by atoms with Crippen LogP contribution in [0.15, 0.2) is 48.5 Å². The molecule has 5 nitrogen and oxygen atoms in total. The summed E-state index contributed by atoms with van der Waals surface area (Å²) in [6.07, 6.45) is 2.75. The fourth-order valence-electron chi connectivity index (χ4n) is 3.50. The number of benzene rings is 2. The standard InChI is InChI=1S/C21H26N2O3/c1-25-17-11-9-16(10-12-17)19-7-5-14-23(19)15-13-21(24)22-18-6-3-4-8-20(18)26-2/h3-4,6,8-12,19H,5,7,13-15H2,1-2H3,(H,22,24). The van der Waals surface area contributed by atoms with Crippen molar-refractivity contribution in [3.63, 3.8) is 0 Å². The molecule has 0 radical (unpaired) electrons. The number of likely N-dealkylation sites (tertiary alicyclic amines) is 1. The van der Waals surface area contributed by atoms with Crippen LogP contribution in [0, 0.1) is 0 Å². The summed E-state index contributed by atoms with van der Waals surface area (Å²) in [5, 5.41) is 2.95. The molecule has 1 N–H and O–H groups in total. The van der Waals surface area contributed by atoms with E-state index in [0.717, 1.165) is 31.7 Å². The number of nitrogens with zero attached hydrogens (tertiary/aromatic N) is 1. The molecule has 1 saturated heterocycles. The van der Waals surface area contributed by atoms with Crippen molar-refractivity contribution in [3.05, 3.63) is 54.1 Å². The summed E-state index contributed by atoms with van der Waals surface area (Å²) in [6, 6.07) is 16.1. The maximum Gasteiger partial charge on any atom is 0.225 e. The van der Waals surface area contributed by atoms with Gasteiger partial charge in [-0.1, -0.05) is 24.3 Å². The van der Waals surface area contributed by atoms with E-state index in [1.165, 1.54) is 5.56 Å². The molecule has 1 atom stereocenters. The van der Waals surface area contributed by atoms with Crippen LogP contribution in [0.5, 0.6) is 11.5 Å². The van der Waals surface area contributed by atoms with Gasteiger partial charge in [-0.15, -0.1) is 0 Å². The molecule has 0 aliphatic carbocycles. The average molecular weight is 354 g/mol. The van der Waals surface area contributed by atoms with Gasteiger partial charge in [0.1, 0.15) is 11.5 Å². The van der Waals surface area contributed by atoms with E-state index in [1.54, 1.807) is 14.2 Å². The highest BCUT2D eigenvalue weighted by atomic mass is 16.5. The molecule has 1 aliphatic rings. The van der Waals surface area contributed by atoms with Crippen molar-refractivity contribution in [1.82, 2.24) is 4.90 Å². The molecule has 2 aromatic carbocycles. The molecule has 0 spiro atoms. The van der Waals surface area contributed by atoms with Crippen LogP contribution in [-0.4, -0.2) is 38.1 Å². The third-order valence-corrected chi connectivity index (χ3v) is 4.87. The summed E-state index contributed by atoms with van der Waals surface area (Å²) < 4.78 is 10.5. The molecular weight excluding hydrogens is 328 g/mol. The van der Waals surface area contributed by atoms with Crippen molar-refractivity contribution in [2.75, 3.05) is 32.6 Å². The van der Waals surface area contributed by atoms with Gasteiger partial charge >= 0.3 is 0 Å². The van der Waals surface area contributed by atoms with Crippen LogP contribution in [0.4, 0.5) is 5.69 Å². The minimum absolute atomic E-state index is 0.00915. The predicted molar refractivity (Wildman–Crippen MR) is 103 cm³/mol. The summed E-state index contributed by atoms with van der Waals surface area (Å²) >= 11 is 0. The zero-order chi connectivity index (χ0) is 18.4. The van der Waals surface area contributed by atoms with Gasteiger partial charge in [0.15, 0.2) is 0 Å². The van der Waals surface area contributed by atoms with Gasteiger partial charge in [-0.3, -0.25) is 9.69 Å². The number of carbonyl (C=O) groups excluding carboxylic acids is 1. The van der Waals surface area contributed by atoms with Crippen molar-refractivity contribution in [2.45, 2.75) is 25.3 Å². The Hall–Kier alpha value is -2.53. The smallest absolute Gasteiger partial charge is 0.225 e. The quantitative estimate of drug-likeness (QED) is 0.820. The Kier molecular flexibility index (Phi) is 6.12. The van der Waals surface area contributed by atoms with Crippen molar-refractivity contribution < 1.29 is 14.3 Å². The Balaban J connectivity index is 1.56. The molecule has 1 aliphatic heterocycles. The number of anilines is 1. The monoisotopic (exact) mass is 354 g/mol. The van der Waals surface area contributed by atoms with Crippen LogP contribution in [0.3, 0.4) is 0 Å². The molecule has 138 valence electrons. The molecule has 1 unspecified atom stereocenters. The first-order valence-corrected chi connectivity index (χ1v) is 9.02. The second-order valence-electron chi connectivity index (χ2n) is 6.47. The van der Waals surface area contributed by atoms with E-state index >= 15 is 0 Å². The largest absolute Gasteiger partial charge is 0.497 e. The number of carbonyl (C=O) groups is 1. The van der Waals surface area contributed by atoms with E-state index in [-0.39, 0.29) is 5.91 Å². The first-order chi connectivity index (χ1) is 12.7. The van der Waals surface area contributed by atoms with Crippen LogP contribution >= 0.6 is 0 Å². The van der Waals surface area contributed by atoms with Gasteiger partial charge in [0.05, 0.1) is 19.9 Å². The lowest BCUT2D eigenvalue weighted by Gasteiger charge is -2.24. The van der Waals surface area contributed by atoms with Crippen LogP contribution in [0.1, 0.15) is 30.9 Å². The van der Waals surface area contributed by atoms with Crippen LogP contribution in [0.25, 0.3) is 0 Å². The Morgan fingerprint density at radius 2 is 1.88 bits per heavy atom. The van der Waals surface area contributed by atoms with Crippen molar-refractivity contribution >= 4 is 11.6 Å². The number of amides is 1. The van der Waals surface area contributed by atoms with Gasteiger partial charge in [-0.2, -0.15) is 0 Å². The lowest BCUT2D eigenvalue weighted by atomic mass is 10.0. The van der Waals surface area contributed by atoms with Gasteiger partial charge in [0, 0.05) is 19.0 Å². The second kappa shape index (κ2) is 8.72. The lowest BCUT2D eigenvalue weighted by molar-refractivity contribution is -0.116. The highest BCUT2D eigenvalue weighted by Crippen LogP contribution is 2.32. The zero-order valence-electron chi connectivity index (χ0n) is 15.4. The molecular formula is C21H26N2O3. The number of ether oxygens (including phenoxy) is 2. The van der Waals surface area contributed by atoms with Gasteiger partial charge in [-0.25, -0.2) is 0 Å². The van der Waals surface area contributed by atoms with E-state index in [0.29, 0.717) is 23.9 Å². The third-order valence-electron chi connectivity index (χ3n) is 4.87. The zero-order valence-corrected chi connectivity index (χ0v) is 15.4. The number of nitrogens with one attached hydrogen (secondary N) is 1. The highest BCUT2D eigenvalue weighted by Gasteiger charge is 2.26. The van der Waals surface area contributed by atoms with Crippen LogP contribution in [-0.2, 0) is 4.79 Å². The van der Waals surface area contributed by atoms with Gasteiger partial charge in [0.25, 0.3) is 0 Å². The highest BCUT2D eigenvalue weighted by molar-refractivity contribution is 5.92. The molecule has 3 rings (SSSR count). The molecule has 2 aromatic rings. The summed E-state index contributed by atoms with van der Waals surface area (Å²) in [6.45, 7) is 1.77. The predicted octanol–water partition coefficient (Wildman–Crippen LogP) is 3.87. The van der Waals surface area contributed by atoms with Crippen molar-refractivity contribution in [2.24, 2.45) is 0 Å². The summed E-state index contributed by atoms with van der Waals surface area (Å²) in [7, 11) is 3.28. The minimum Gasteiger partial charge on any atom is -0.497 e. The lowest BCUT2D eigenvalue weighted by Crippen LogP contribution is -2.27. The number of rotatable bonds is 7. The number of methoxy groups -OCH3 is 2. The number of hydrogen-bond donors (Lipinski definition) is 1. The van der Waals surface area contributed by atoms with Crippen molar-refractivity contribution in [3.8, 4) is 11.5 Å². The molecule has 1 fully saturated rings. The van der Waals surface area contributed by atoms with E-state index in [2.05, 4.69) is 22.3 Å². The summed E-state index contributed by atoms with van der Waals surface area (Å²) in [4.78, 5) is 14.7. The molecule has 26 heavy (non-hydrogen) atoms. The molecule has 0 aromatic heterocycles. The van der Waals surface area contributed by atoms with Gasteiger partial charge in [-0.05, 0) is 49.2 Å². The Labute approximate surface area is 154 Å². The molecule has 1 heterocycles. The van der Waals surface area contributed by atoms with Crippen LogP contribution in [0.2, 0.25) is 0 Å². The van der Waals surface area contributed by atoms with Gasteiger partial charge in [0.2, 0.25) is 5.91 Å². The normalized spacial score (nSPS) is 17.1. The Morgan fingerprint density at radius 1 is 1.12 bits per heavy atom. The van der Waals surface area contributed by atoms with E-state index in [9.17, 15) is 4.79 Å². The summed E-state index contributed by atoms with van der Waals surface area (Å²) in [5.74, 6) is 1.56. The van der Waals surface area contributed by atoms with Crippen LogP contribution < -0.4 is 14.8 Å². The molecule has 5 heteroatoms. The SMILES string of the molecule is COc1ccc(C2CCCN2CCC(=O)Nc2ccccc2OC)cc1. The fraction of sp³-hybridized carbons (Fsp3) is 0.381. The topological polar surface area (TPSA) is 50.8 Å². The summed E-state index contributed by atoms with van der Waals surface area (Å²) in [5.41, 5.74) is 2.00. The molecule has 0 saturated carbocycles. The molecule has 1 amide bonds. The van der Waals surface area contributed by atoms with E-state index in [4.69, 9.17) is 9.47 Å². The number of para-hydroxylation sites is 2. The maximum atomic E-state index is 12.4. The van der Waals surface area contributed by atoms with Crippen molar-refractivity contribution in [1.29, 1.82) is 0 Å². The van der Waals surface area contributed by atoms with Gasteiger partial charge < -0.3 is 14.8 Å². The first kappa shape index (κ1) is 18.3.